The maximum absolute atomic E-state index is 14.0. The highest BCUT2D eigenvalue weighted by Gasteiger charge is 2.32. The molecular formula is C29H32F3N3O3. The van der Waals surface area contributed by atoms with Gasteiger partial charge in [-0.3, -0.25) is 9.78 Å². The van der Waals surface area contributed by atoms with Crippen molar-refractivity contribution >= 4 is 17.7 Å². The molecule has 1 atom stereocenters. The predicted molar refractivity (Wildman–Crippen MR) is 140 cm³/mol. The first kappa shape index (κ1) is 28.7. The zero-order valence-corrected chi connectivity index (χ0v) is 22.1. The van der Waals surface area contributed by atoms with E-state index in [-0.39, 0.29) is 6.54 Å². The fraction of sp³-hybridized carbons (Fsp3) is 0.345. The molecule has 38 heavy (non-hydrogen) atoms. The number of ether oxygens (including phenoxy) is 1. The SMILES string of the molecule is Cc1ccc(N(CCc2ccc(C(F)(F)F)cc2)C(=O)[C@H](NC(=O)OC(C)(C)C)c2cccnc2)cc1C. The topological polar surface area (TPSA) is 71.5 Å². The van der Waals surface area contributed by atoms with E-state index in [1.807, 2.05) is 26.0 Å². The molecule has 0 aliphatic carbocycles. The summed E-state index contributed by atoms with van der Waals surface area (Å²) in [6, 6.07) is 12.7. The van der Waals surface area contributed by atoms with E-state index in [0.29, 0.717) is 23.2 Å². The van der Waals surface area contributed by atoms with Gasteiger partial charge in [0.15, 0.2) is 0 Å². The summed E-state index contributed by atoms with van der Waals surface area (Å²) in [5, 5.41) is 2.67. The van der Waals surface area contributed by atoms with Crippen molar-refractivity contribution in [2.24, 2.45) is 0 Å². The lowest BCUT2D eigenvalue weighted by atomic mass is 10.0. The van der Waals surface area contributed by atoms with E-state index in [2.05, 4.69) is 10.3 Å². The molecule has 0 spiro atoms. The number of amides is 2. The van der Waals surface area contributed by atoms with Crippen molar-refractivity contribution in [1.29, 1.82) is 0 Å². The van der Waals surface area contributed by atoms with E-state index in [1.165, 1.54) is 23.2 Å². The van der Waals surface area contributed by atoms with Crippen LogP contribution in [-0.4, -0.2) is 29.1 Å². The molecule has 0 saturated heterocycles. The standard InChI is InChI=1S/C29H32F3N3O3/c1-19-8-13-24(17-20(19)2)35(16-14-21-9-11-23(12-10-21)29(30,31)32)26(36)25(22-7-6-15-33-18-22)34-27(37)38-28(3,4)5/h6-13,15,17-18,25H,14,16H2,1-5H3,(H,34,37)/t25-/m1/s1. The largest absolute Gasteiger partial charge is 0.444 e. The van der Waals surface area contributed by atoms with Crippen molar-refractivity contribution in [2.45, 2.75) is 58.9 Å². The van der Waals surface area contributed by atoms with Gasteiger partial charge in [-0.05, 0) is 88.1 Å². The Morgan fingerprint density at radius 1 is 1.00 bits per heavy atom. The Bertz CT molecular complexity index is 1250. The lowest BCUT2D eigenvalue weighted by Gasteiger charge is -2.29. The molecule has 0 unspecified atom stereocenters. The van der Waals surface area contributed by atoms with Crippen LogP contribution in [0.15, 0.2) is 67.0 Å². The highest BCUT2D eigenvalue weighted by Crippen LogP contribution is 2.29. The lowest BCUT2D eigenvalue weighted by Crippen LogP contribution is -2.45. The van der Waals surface area contributed by atoms with Crippen LogP contribution >= 0.6 is 0 Å². The summed E-state index contributed by atoms with van der Waals surface area (Å²) in [6.07, 6.45) is -1.84. The number of carbonyl (C=O) groups is 2. The molecule has 0 bridgehead atoms. The van der Waals surface area contributed by atoms with Gasteiger partial charge in [-0.1, -0.05) is 24.3 Å². The maximum atomic E-state index is 14.0. The number of benzene rings is 2. The minimum Gasteiger partial charge on any atom is -0.444 e. The Hall–Kier alpha value is -3.88. The molecule has 0 saturated carbocycles. The molecule has 9 heteroatoms. The van der Waals surface area contributed by atoms with Crippen LogP contribution in [0.3, 0.4) is 0 Å². The van der Waals surface area contributed by atoms with Crippen molar-refractivity contribution in [3.63, 3.8) is 0 Å². The van der Waals surface area contributed by atoms with Gasteiger partial charge in [0.25, 0.3) is 5.91 Å². The van der Waals surface area contributed by atoms with Crippen molar-refractivity contribution in [2.75, 3.05) is 11.4 Å². The Labute approximate surface area is 220 Å². The number of pyridine rings is 1. The highest BCUT2D eigenvalue weighted by atomic mass is 19.4. The second-order valence-electron chi connectivity index (χ2n) is 10.1. The van der Waals surface area contributed by atoms with Crippen molar-refractivity contribution in [3.8, 4) is 0 Å². The minimum absolute atomic E-state index is 0.166. The van der Waals surface area contributed by atoms with Gasteiger partial charge in [-0.2, -0.15) is 13.2 Å². The summed E-state index contributed by atoms with van der Waals surface area (Å²) in [4.78, 5) is 32.3. The van der Waals surface area contributed by atoms with Crippen LogP contribution in [0.5, 0.6) is 0 Å². The minimum atomic E-state index is -4.43. The second kappa shape index (κ2) is 11.7. The van der Waals surface area contributed by atoms with Crippen molar-refractivity contribution in [1.82, 2.24) is 10.3 Å². The number of nitrogens with one attached hydrogen (secondary N) is 1. The third kappa shape index (κ3) is 7.81. The van der Waals surface area contributed by atoms with E-state index >= 15 is 0 Å². The summed E-state index contributed by atoms with van der Waals surface area (Å²) in [7, 11) is 0. The van der Waals surface area contributed by atoms with E-state index < -0.39 is 35.4 Å². The molecule has 0 aliphatic heterocycles. The number of halogens is 3. The number of aromatic nitrogens is 1. The van der Waals surface area contributed by atoms with Crippen LogP contribution in [0.1, 0.15) is 54.6 Å². The summed E-state index contributed by atoms with van der Waals surface area (Å²) in [6.45, 7) is 9.21. The number of anilines is 1. The molecule has 6 nitrogen and oxygen atoms in total. The molecule has 2 aromatic carbocycles. The zero-order valence-electron chi connectivity index (χ0n) is 22.1. The van der Waals surface area contributed by atoms with Gasteiger partial charge in [0, 0.05) is 30.2 Å². The normalized spacial score (nSPS) is 12.5. The third-order valence-corrected chi connectivity index (χ3v) is 5.90. The Morgan fingerprint density at radius 2 is 1.68 bits per heavy atom. The first-order valence-corrected chi connectivity index (χ1v) is 12.2. The van der Waals surface area contributed by atoms with Crippen LogP contribution in [0, 0.1) is 13.8 Å². The molecule has 1 N–H and O–H groups in total. The summed E-state index contributed by atoms with van der Waals surface area (Å²) < 4.78 is 44.4. The fourth-order valence-corrected chi connectivity index (χ4v) is 3.78. The Balaban J connectivity index is 1.95. The number of aryl methyl sites for hydroxylation is 2. The maximum Gasteiger partial charge on any atom is 0.416 e. The molecular weight excluding hydrogens is 495 g/mol. The first-order valence-electron chi connectivity index (χ1n) is 12.2. The highest BCUT2D eigenvalue weighted by molar-refractivity contribution is 5.99. The molecule has 3 aromatic rings. The second-order valence-corrected chi connectivity index (χ2v) is 10.1. The monoisotopic (exact) mass is 527 g/mol. The zero-order chi connectivity index (χ0) is 28.1. The molecule has 0 radical (unpaired) electrons. The summed E-state index contributed by atoms with van der Waals surface area (Å²) in [5.74, 6) is -0.431. The average Bonchev–Trinajstić information content (AvgIpc) is 2.84. The predicted octanol–water partition coefficient (Wildman–Crippen LogP) is 6.56. The van der Waals surface area contributed by atoms with Gasteiger partial charge < -0.3 is 15.0 Å². The average molecular weight is 528 g/mol. The summed E-state index contributed by atoms with van der Waals surface area (Å²) >= 11 is 0. The van der Waals surface area contributed by atoms with Crippen LogP contribution in [0.25, 0.3) is 0 Å². The number of alkyl halides is 3. The first-order chi connectivity index (χ1) is 17.7. The van der Waals surface area contributed by atoms with E-state index in [1.54, 1.807) is 45.2 Å². The van der Waals surface area contributed by atoms with Crippen molar-refractivity contribution < 1.29 is 27.5 Å². The van der Waals surface area contributed by atoms with Gasteiger partial charge >= 0.3 is 12.3 Å². The van der Waals surface area contributed by atoms with Gasteiger partial charge in [-0.25, -0.2) is 4.79 Å². The third-order valence-electron chi connectivity index (χ3n) is 5.90. The van der Waals surface area contributed by atoms with E-state index in [9.17, 15) is 22.8 Å². The quantitative estimate of drug-likeness (QED) is 0.378. The van der Waals surface area contributed by atoms with Crippen LogP contribution in [-0.2, 0) is 22.1 Å². The van der Waals surface area contributed by atoms with Crippen LogP contribution in [0.2, 0.25) is 0 Å². The van der Waals surface area contributed by atoms with Crippen LogP contribution in [0.4, 0.5) is 23.7 Å². The molecule has 0 fully saturated rings. The van der Waals surface area contributed by atoms with E-state index in [4.69, 9.17) is 4.74 Å². The molecule has 1 heterocycles. The van der Waals surface area contributed by atoms with E-state index in [0.717, 1.165) is 23.3 Å². The van der Waals surface area contributed by atoms with Gasteiger partial charge in [-0.15, -0.1) is 0 Å². The number of hydrogen-bond donors (Lipinski definition) is 1. The molecule has 1 aromatic heterocycles. The van der Waals surface area contributed by atoms with Gasteiger partial charge in [0.2, 0.25) is 0 Å². The van der Waals surface area contributed by atoms with Crippen molar-refractivity contribution in [3.05, 3.63) is 94.8 Å². The molecule has 202 valence electrons. The summed E-state index contributed by atoms with van der Waals surface area (Å²) in [5.41, 5.74) is 2.20. The molecule has 3 rings (SSSR count). The molecule has 2 amide bonds. The number of nitrogens with zero attached hydrogens (tertiary/aromatic N) is 2. The fourth-order valence-electron chi connectivity index (χ4n) is 3.78. The number of hydrogen-bond acceptors (Lipinski definition) is 4. The number of carbonyl (C=O) groups excluding carboxylic acids is 2. The Kier molecular flexibility index (Phi) is 8.81. The lowest BCUT2D eigenvalue weighted by molar-refractivity contribution is -0.137. The smallest absolute Gasteiger partial charge is 0.416 e. The Morgan fingerprint density at radius 3 is 2.24 bits per heavy atom. The van der Waals surface area contributed by atoms with Gasteiger partial charge in [0.1, 0.15) is 11.6 Å². The number of rotatable bonds is 7. The number of alkyl carbamates (subject to hydrolysis) is 1. The molecule has 0 aliphatic rings. The van der Waals surface area contributed by atoms with Gasteiger partial charge in [0.05, 0.1) is 5.56 Å². The van der Waals surface area contributed by atoms with Crippen LogP contribution < -0.4 is 10.2 Å².